The summed E-state index contributed by atoms with van der Waals surface area (Å²) in [5, 5.41) is 0. The third-order valence-corrected chi connectivity index (χ3v) is 0.596. The maximum absolute atomic E-state index is 5.10. The van der Waals surface area contributed by atoms with Crippen molar-refractivity contribution in [3.63, 3.8) is 0 Å². The van der Waals surface area contributed by atoms with Crippen molar-refractivity contribution in [3.8, 4) is 0 Å². The number of methoxy groups -OCH3 is 1. The van der Waals surface area contributed by atoms with Gasteiger partial charge in [0.2, 0.25) is 0 Å². The summed E-state index contributed by atoms with van der Waals surface area (Å²) in [7, 11) is 1.59. The van der Waals surface area contributed by atoms with Crippen molar-refractivity contribution in [1.29, 1.82) is 0 Å². The van der Waals surface area contributed by atoms with E-state index in [1.807, 2.05) is 0 Å². The van der Waals surface area contributed by atoms with Crippen LogP contribution in [0.15, 0.2) is 0 Å². The molecule has 2 N–H and O–H groups in total. The van der Waals surface area contributed by atoms with Gasteiger partial charge in [0.25, 0.3) is 0 Å². The van der Waals surface area contributed by atoms with Gasteiger partial charge in [-0.3, -0.25) is 0 Å². The molecule has 0 aliphatic rings. The third kappa shape index (κ3) is 2.18. The summed E-state index contributed by atoms with van der Waals surface area (Å²) in [5.74, 6) is 0. The monoisotopic (exact) mass is 88.1 g/mol. The van der Waals surface area contributed by atoms with Crippen LogP contribution in [-0.2, 0) is 4.74 Å². The van der Waals surface area contributed by atoms with E-state index in [0.717, 1.165) is 0 Å². The Morgan fingerprint density at radius 3 is 2.50 bits per heavy atom. The SMILES string of the molecule is [CH2][C@@H](CN)OC. The summed E-state index contributed by atoms with van der Waals surface area (Å²) in [4.78, 5) is 0. The zero-order valence-corrected chi connectivity index (χ0v) is 3.98. The fourth-order valence-electron chi connectivity index (χ4n) is 0.0962. The highest BCUT2D eigenvalue weighted by Crippen LogP contribution is 1.77. The number of nitrogens with two attached hydrogens (primary N) is 1. The minimum Gasteiger partial charge on any atom is -0.380 e. The first kappa shape index (κ1) is 5.92. The molecule has 0 aromatic heterocycles. The molecule has 0 aliphatic heterocycles. The van der Waals surface area contributed by atoms with Crippen molar-refractivity contribution in [2.45, 2.75) is 6.10 Å². The second-order valence-electron chi connectivity index (χ2n) is 1.09. The normalized spacial score (nSPS) is 14.5. The van der Waals surface area contributed by atoms with Gasteiger partial charge in [-0.05, 0) is 6.92 Å². The number of hydrogen-bond acceptors (Lipinski definition) is 2. The molecule has 0 heterocycles. The van der Waals surface area contributed by atoms with E-state index in [0.29, 0.717) is 6.54 Å². The molecule has 0 amide bonds. The first-order valence-electron chi connectivity index (χ1n) is 1.87. The molecule has 0 saturated carbocycles. The van der Waals surface area contributed by atoms with Crippen LogP contribution in [0.25, 0.3) is 0 Å². The quantitative estimate of drug-likeness (QED) is 0.507. The van der Waals surface area contributed by atoms with Gasteiger partial charge < -0.3 is 10.5 Å². The highest BCUT2D eigenvalue weighted by Gasteiger charge is 1.89. The molecule has 0 fully saturated rings. The van der Waals surface area contributed by atoms with Crippen LogP contribution in [0.2, 0.25) is 0 Å². The predicted octanol–water partition coefficient (Wildman–Crippen LogP) is -0.206. The fourth-order valence-corrected chi connectivity index (χ4v) is 0.0962. The lowest BCUT2D eigenvalue weighted by Crippen LogP contribution is -2.17. The van der Waals surface area contributed by atoms with E-state index in [9.17, 15) is 0 Å². The van der Waals surface area contributed by atoms with E-state index in [4.69, 9.17) is 5.73 Å². The van der Waals surface area contributed by atoms with Crippen molar-refractivity contribution in [3.05, 3.63) is 6.92 Å². The zero-order valence-electron chi connectivity index (χ0n) is 3.98. The Morgan fingerprint density at radius 1 is 2.00 bits per heavy atom. The van der Waals surface area contributed by atoms with Gasteiger partial charge in [0.15, 0.2) is 0 Å². The molecule has 0 saturated heterocycles. The number of rotatable bonds is 2. The topological polar surface area (TPSA) is 35.2 Å². The van der Waals surface area contributed by atoms with E-state index in [1.54, 1.807) is 7.11 Å². The van der Waals surface area contributed by atoms with E-state index in [1.165, 1.54) is 0 Å². The molecule has 1 radical (unpaired) electrons. The Hall–Kier alpha value is -0.0800. The smallest absolute Gasteiger partial charge is 0.0694 e. The highest BCUT2D eigenvalue weighted by molar-refractivity contribution is 4.56. The molecule has 0 unspecified atom stereocenters. The van der Waals surface area contributed by atoms with Crippen molar-refractivity contribution >= 4 is 0 Å². The number of hydrogen-bond donors (Lipinski definition) is 1. The Morgan fingerprint density at radius 2 is 2.50 bits per heavy atom. The van der Waals surface area contributed by atoms with E-state index in [-0.39, 0.29) is 6.10 Å². The van der Waals surface area contributed by atoms with Gasteiger partial charge >= 0.3 is 0 Å². The molecule has 0 bridgehead atoms. The molecule has 0 rings (SSSR count). The molecular weight excluding hydrogens is 78.0 g/mol. The molecule has 0 spiro atoms. The second-order valence-corrected chi connectivity index (χ2v) is 1.09. The van der Waals surface area contributed by atoms with Crippen molar-refractivity contribution in [2.75, 3.05) is 13.7 Å². The molecule has 0 aromatic carbocycles. The van der Waals surface area contributed by atoms with Gasteiger partial charge in [0, 0.05) is 13.7 Å². The summed E-state index contributed by atoms with van der Waals surface area (Å²) in [6.45, 7) is 4.02. The molecule has 0 aromatic rings. The standard InChI is InChI=1S/C4H10NO/c1-4(3-5)6-2/h4H,1,3,5H2,2H3/t4-/m0/s1. The molecule has 1 atom stereocenters. The second kappa shape index (κ2) is 3.12. The van der Waals surface area contributed by atoms with Crippen LogP contribution >= 0.6 is 0 Å². The highest BCUT2D eigenvalue weighted by atomic mass is 16.5. The fraction of sp³-hybridized carbons (Fsp3) is 0.750. The summed E-state index contributed by atoms with van der Waals surface area (Å²) in [6, 6.07) is 0. The van der Waals surface area contributed by atoms with Crippen molar-refractivity contribution in [1.82, 2.24) is 0 Å². The Balaban J connectivity index is 2.75. The molecule has 37 valence electrons. The Bertz CT molecular complexity index is 26.7. The van der Waals surface area contributed by atoms with Crippen molar-refractivity contribution in [2.24, 2.45) is 5.73 Å². The summed E-state index contributed by atoms with van der Waals surface area (Å²) in [5.41, 5.74) is 5.10. The maximum atomic E-state index is 5.10. The summed E-state index contributed by atoms with van der Waals surface area (Å²) >= 11 is 0. The first-order chi connectivity index (χ1) is 2.81. The summed E-state index contributed by atoms with van der Waals surface area (Å²) in [6.07, 6.45) is -0.0370. The van der Waals surface area contributed by atoms with E-state index in [2.05, 4.69) is 11.7 Å². The average molecular weight is 88.1 g/mol. The molecule has 2 nitrogen and oxygen atoms in total. The minimum absolute atomic E-state index is 0.0370. The van der Waals surface area contributed by atoms with Gasteiger partial charge in [0.05, 0.1) is 6.10 Å². The zero-order chi connectivity index (χ0) is 4.99. The minimum atomic E-state index is -0.0370. The van der Waals surface area contributed by atoms with Crippen LogP contribution < -0.4 is 5.73 Å². The van der Waals surface area contributed by atoms with Gasteiger partial charge in [-0.2, -0.15) is 0 Å². The maximum Gasteiger partial charge on any atom is 0.0694 e. The predicted molar refractivity (Wildman–Crippen MR) is 25.2 cm³/mol. The first-order valence-corrected chi connectivity index (χ1v) is 1.87. The lowest BCUT2D eigenvalue weighted by atomic mass is 10.4. The Labute approximate surface area is 38.3 Å². The number of ether oxygens (including phenoxy) is 1. The molecule has 6 heavy (non-hydrogen) atoms. The average Bonchev–Trinajstić information content (AvgIpc) is 1.65. The van der Waals surface area contributed by atoms with E-state index < -0.39 is 0 Å². The van der Waals surface area contributed by atoms with Crippen LogP contribution in [0.4, 0.5) is 0 Å². The van der Waals surface area contributed by atoms with E-state index >= 15 is 0 Å². The van der Waals surface area contributed by atoms with Crippen LogP contribution in [0.3, 0.4) is 0 Å². The van der Waals surface area contributed by atoms with Gasteiger partial charge in [-0.1, -0.05) is 0 Å². The lowest BCUT2D eigenvalue weighted by molar-refractivity contribution is 0.145. The molecular formula is C4H10NO. The van der Waals surface area contributed by atoms with Gasteiger partial charge in [0.1, 0.15) is 0 Å². The van der Waals surface area contributed by atoms with Crippen LogP contribution in [0.5, 0.6) is 0 Å². The summed E-state index contributed by atoms with van der Waals surface area (Å²) < 4.78 is 4.66. The Kier molecular flexibility index (Phi) is 3.08. The third-order valence-electron chi connectivity index (χ3n) is 0.596. The van der Waals surface area contributed by atoms with Crippen LogP contribution in [-0.4, -0.2) is 19.8 Å². The van der Waals surface area contributed by atoms with Gasteiger partial charge in [-0.15, -0.1) is 0 Å². The molecule has 0 aliphatic carbocycles. The van der Waals surface area contributed by atoms with Gasteiger partial charge in [-0.25, -0.2) is 0 Å². The lowest BCUT2D eigenvalue weighted by Gasteiger charge is -2.01. The van der Waals surface area contributed by atoms with Crippen LogP contribution in [0.1, 0.15) is 0 Å². The largest absolute Gasteiger partial charge is 0.380 e. The van der Waals surface area contributed by atoms with Crippen LogP contribution in [0, 0.1) is 6.92 Å². The molecule has 2 heteroatoms. The van der Waals surface area contributed by atoms with Crippen molar-refractivity contribution < 1.29 is 4.74 Å².